The van der Waals surface area contributed by atoms with Crippen LogP contribution in [0.25, 0.3) is 5.52 Å². The van der Waals surface area contributed by atoms with Crippen LogP contribution in [-0.2, 0) is 0 Å². The van der Waals surface area contributed by atoms with E-state index >= 15 is 0 Å². The molecule has 0 bridgehead atoms. The van der Waals surface area contributed by atoms with Crippen LogP contribution in [0.4, 0.5) is 0 Å². The Morgan fingerprint density at radius 2 is 2.33 bits per heavy atom. The minimum Gasteiger partial charge on any atom is -0.303 e. The Kier molecular flexibility index (Phi) is 1.43. The van der Waals surface area contributed by atoms with Gasteiger partial charge in [0.15, 0.2) is 6.29 Å². The number of rotatable bonds is 1. The van der Waals surface area contributed by atoms with E-state index in [0.717, 1.165) is 17.6 Å². The highest BCUT2D eigenvalue weighted by molar-refractivity contribution is 5.75. The Hall–Kier alpha value is -1.64. The molecule has 0 amide bonds. The normalized spacial score (nSPS) is 10.4. The molecule has 0 unspecified atom stereocenters. The van der Waals surface area contributed by atoms with Gasteiger partial charge in [-0.1, -0.05) is 0 Å². The summed E-state index contributed by atoms with van der Waals surface area (Å²) in [6.45, 7) is 1.90. The Balaban J connectivity index is 2.79. The Morgan fingerprint density at radius 1 is 1.50 bits per heavy atom. The summed E-state index contributed by atoms with van der Waals surface area (Å²) in [5.41, 5.74) is 1.68. The summed E-state index contributed by atoms with van der Waals surface area (Å²) in [6.07, 6.45) is 4.40. The van der Waals surface area contributed by atoms with Gasteiger partial charge in [0.2, 0.25) is 0 Å². The molecule has 0 aliphatic carbocycles. The number of aldehydes is 1. The van der Waals surface area contributed by atoms with Gasteiger partial charge in [-0.3, -0.25) is 4.79 Å². The van der Waals surface area contributed by atoms with Gasteiger partial charge in [-0.25, -0.2) is 4.98 Å². The largest absolute Gasteiger partial charge is 0.303 e. The second kappa shape index (κ2) is 2.44. The molecule has 0 radical (unpaired) electrons. The van der Waals surface area contributed by atoms with E-state index in [9.17, 15) is 4.79 Å². The van der Waals surface area contributed by atoms with Crippen LogP contribution in [0.15, 0.2) is 24.5 Å². The number of aryl methyl sites for hydroxylation is 1. The highest BCUT2D eigenvalue weighted by Gasteiger charge is 1.98. The van der Waals surface area contributed by atoms with Crippen molar-refractivity contribution in [2.45, 2.75) is 6.92 Å². The van der Waals surface area contributed by atoms with Crippen molar-refractivity contribution in [2.75, 3.05) is 0 Å². The van der Waals surface area contributed by atoms with Crippen molar-refractivity contribution in [2.24, 2.45) is 0 Å². The van der Waals surface area contributed by atoms with E-state index in [1.165, 1.54) is 0 Å². The summed E-state index contributed by atoms with van der Waals surface area (Å²) in [6, 6.07) is 3.66. The van der Waals surface area contributed by atoms with Crippen LogP contribution in [-0.4, -0.2) is 15.7 Å². The Morgan fingerprint density at radius 3 is 3.08 bits per heavy atom. The number of carbonyl (C=O) groups is 1. The molecule has 2 aromatic heterocycles. The molecule has 12 heavy (non-hydrogen) atoms. The number of pyridine rings is 1. The fraction of sp³-hybridized carbons (Fsp3) is 0.111. The lowest BCUT2D eigenvalue weighted by Gasteiger charge is -1.95. The molecule has 0 spiro atoms. The number of imidazole rings is 1. The Bertz CT molecular complexity index is 431. The molecule has 60 valence electrons. The molecule has 3 nitrogen and oxygen atoms in total. The zero-order valence-corrected chi connectivity index (χ0v) is 6.69. The molecule has 0 aliphatic rings. The van der Waals surface area contributed by atoms with Crippen molar-refractivity contribution < 1.29 is 4.79 Å². The van der Waals surface area contributed by atoms with E-state index in [0.29, 0.717) is 5.56 Å². The maximum atomic E-state index is 10.4. The van der Waals surface area contributed by atoms with Crippen molar-refractivity contribution >= 4 is 11.8 Å². The predicted molar refractivity (Wildman–Crippen MR) is 45.3 cm³/mol. The average molecular weight is 160 g/mol. The van der Waals surface area contributed by atoms with Crippen molar-refractivity contribution in [1.29, 1.82) is 0 Å². The van der Waals surface area contributed by atoms with Crippen LogP contribution < -0.4 is 0 Å². The van der Waals surface area contributed by atoms with E-state index in [2.05, 4.69) is 4.98 Å². The van der Waals surface area contributed by atoms with Crippen LogP contribution in [0.5, 0.6) is 0 Å². The molecule has 2 aromatic rings. The second-order valence-corrected chi connectivity index (χ2v) is 2.68. The van der Waals surface area contributed by atoms with Gasteiger partial charge in [0.1, 0.15) is 5.82 Å². The molecule has 0 saturated carbocycles. The third-order valence-corrected chi connectivity index (χ3v) is 1.87. The van der Waals surface area contributed by atoms with E-state index < -0.39 is 0 Å². The van der Waals surface area contributed by atoms with Gasteiger partial charge in [-0.2, -0.15) is 0 Å². The lowest BCUT2D eigenvalue weighted by molar-refractivity contribution is 0.112. The van der Waals surface area contributed by atoms with E-state index in [1.54, 1.807) is 18.5 Å². The number of hydrogen-bond acceptors (Lipinski definition) is 2. The van der Waals surface area contributed by atoms with Gasteiger partial charge in [-0.15, -0.1) is 0 Å². The van der Waals surface area contributed by atoms with Gasteiger partial charge < -0.3 is 4.40 Å². The SMILES string of the molecule is Cc1ncc2ccc(C=O)cn12. The molecule has 2 heterocycles. The topological polar surface area (TPSA) is 34.4 Å². The minimum atomic E-state index is 0.670. The molecule has 2 rings (SSSR count). The molecule has 3 heteroatoms. The van der Waals surface area contributed by atoms with Crippen molar-refractivity contribution in [3.63, 3.8) is 0 Å². The van der Waals surface area contributed by atoms with Crippen LogP contribution in [0, 0.1) is 6.92 Å². The summed E-state index contributed by atoms with van der Waals surface area (Å²) >= 11 is 0. The third-order valence-electron chi connectivity index (χ3n) is 1.87. The van der Waals surface area contributed by atoms with Crippen LogP contribution >= 0.6 is 0 Å². The second-order valence-electron chi connectivity index (χ2n) is 2.68. The van der Waals surface area contributed by atoms with E-state index in [-0.39, 0.29) is 0 Å². The van der Waals surface area contributed by atoms with Crippen LogP contribution in [0.1, 0.15) is 16.2 Å². The zero-order valence-electron chi connectivity index (χ0n) is 6.69. The highest BCUT2D eigenvalue weighted by atomic mass is 16.1. The Labute approximate surface area is 69.7 Å². The summed E-state index contributed by atoms with van der Waals surface area (Å²) in [4.78, 5) is 14.6. The van der Waals surface area contributed by atoms with Gasteiger partial charge in [0, 0.05) is 11.8 Å². The maximum Gasteiger partial charge on any atom is 0.151 e. The number of nitrogens with zero attached hydrogens (tertiary/aromatic N) is 2. The summed E-state index contributed by atoms with van der Waals surface area (Å²) in [7, 11) is 0. The first kappa shape index (κ1) is 7.03. The molecule has 0 fully saturated rings. The molecule has 0 aliphatic heterocycles. The predicted octanol–water partition coefficient (Wildman–Crippen LogP) is 1.46. The molecule has 0 saturated heterocycles. The van der Waals surface area contributed by atoms with Crippen molar-refractivity contribution in [3.8, 4) is 0 Å². The van der Waals surface area contributed by atoms with Crippen molar-refractivity contribution in [3.05, 3.63) is 35.9 Å². The summed E-state index contributed by atoms with van der Waals surface area (Å²) in [5.74, 6) is 0.897. The smallest absolute Gasteiger partial charge is 0.151 e. The summed E-state index contributed by atoms with van der Waals surface area (Å²) < 4.78 is 1.89. The van der Waals surface area contributed by atoms with Gasteiger partial charge in [0.25, 0.3) is 0 Å². The lowest BCUT2D eigenvalue weighted by Crippen LogP contribution is -1.90. The lowest BCUT2D eigenvalue weighted by atomic mass is 10.3. The average Bonchev–Trinajstić information content (AvgIpc) is 2.47. The van der Waals surface area contributed by atoms with Crippen LogP contribution in [0.2, 0.25) is 0 Å². The first-order valence-corrected chi connectivity index (χ1v) is 3.70. The van der Waals surface area contributed by atoms with Crippen LogP contribution in [0.3, 0.4) is 0 Å². The minimum absolute atomic E-state index is 0.670. The standard InChI is InChI=1S/C9H8N2O/c1-7-10-4-9-3-2-8(6-12)5-11(7)9/h2-6H,1H3. The molecular formula is C9H8N2O. The first-order chi connectivity index (χ1) is 5.81. The number of carbonyl (C=O) groups excluding carboxylic acids is 1. The summed E-state index contributed by atoms with van der Waals surface area (Å²) in [5, 5.41) is 0. The van der Waals surface area contributed by atoms with Gasteiger partial charge >= 0.3 is 0 Å². The molecule has 0 atom stereocenters. The van der Waals surface area contributed by atoms with Gasteiger partial charge in [-0.05, 0) is 19.1 Å². The number of hydrogen-bond donors (Lipinski definition) is 0. The van der Waals surface area contributed by atoms with E-state index in [4.69, 9.17) is 0 Å². The molecular weight excluding hydrogens is 152 g/mol. The fourth-order valence-corrected chi connectivity index (χ4v) is 1.21. The third kappa shape index (κ3) is 0.906. The quantitative estimate of drug-likeness (QED) is 0.592. The van der Waals surface area contributed by atoms with E-state index in [1.807, 2.05) is 17.4 Å². The van der Waals surface area contributed by atoms with Crippen molar-refractivity contribution in [1.82, 2.24) is 9.38 Å². The molecule has 0 N–H and O–H groups in total. The maximum absolute atomic E-state index is 10.4. The number of fused-ring (bicyclic) bond motifs is 1. The first-order valence-electron chi connectivity index (χ1n) is 3.70. The zero-order chi connectivity index (χ0) is 8.55. The fourth-order valence-electron chi connectivity index (χ4n) is 1.21. The highest BCUT2D eigenvalue weighted by Crippen LogP contribution is 2.06. The molecule has 0 aromatic carbocycles. The monoisotopic (exact) mass is 160 g/mol. The number of aromatic nitrogens is 2. The van der Waals surface area contributed by atoms with Gasteiger partial charge in [0.05, 0.1) is 11.7 Å².